The number of phenols is 1. The van der Waals surface area contributed by atoms with Gasteiger partial charge in [-0.3, -0.25) is 4.90 Å². The van der Waals surface area contributed by atoms with Crippen LogP contribution in [-0.2, 0) is 0 Å². The van der Waals surface area contributed by atoms with E-state index in [0.29, 0.717) is 17.6 Å². The van der Waals surface area contributed by atoms with Crippen LogP contribution in [0.4, 0.5) is 13.2 Å². The average Bonchev–Trinajstić information content (AvgIpc) is 2.35. The van der Waals surface area contributed by atoms with Gasteiger partial charge >= 0.3 is 6.18 Å². The van der Waals surface area contributed by atoms with Crippen molar-refractivity contribution in [3.05, 3.63) is 27.2 Å². The van der Waals surface area contributed by atoms with Crippen LogP contribution in [0.25, 0.3) is 0 Å². The van der Waals surface area contributed by atoms with Crippen LogP contribution in [0.1, 0.15) is 11.6 Å². The molecular weight excluding hydrogens is 431 g/mol. The Morgan fingerprint density at radius 1 is 1.23 bits per heavy atom. The average molecular weight is 447 g/mol. The minimum absolute atomic E-state index is 0. The summed E-state index contributed by atoms with van der Waals surface area (Å²) in [6, 6.07) is 0.770. The molecular formula is C12H15BrCl3F3N2O. The zero-order valence-electron chi connectivity index (χ0n) is 11.2. The van der Waals surface area contributed by atoms with Gasteiger partial charge in [0.05, 0.1) is 5.02 Å². The highest BCUT2D eigenvalue weighted by molar-refractivity contribution is 9.10. The fourth-order valence-corrected chi connectivity index (χ4v) is 3.15. The van der Waals surface area contributed by atoms with E-state index in [2.05, 4.69) is 21.2 Å². The summed E-state index contributed by atoms with van der Waals surface area (Å²) >= 11 is 8.89. The second-order valence-corrected chi connectivity index (χ2v) is 5.88. The Kier molecular flexibility index (Phi) is 8.83. The largest absolute Gasteiger partial charge is 0.506 e. The Bertz CT molecular complexity index is 499. The zero-order valence-corrected chi connectivity index (χ0v) is 15.1. The molecule has 0 radical (unpaired) electrons. The van der Waals surface area contributed by atoms with Gasteiger partial charge < -0.3 is 10.4 Å². The fourth-order valence-electron chi connectivity index (χ4n) is 2.31. The first-order chi connectivity index (χ1) is 9.30. The van der Waals surface area contributed by atoms with Crippen LogP contribution in [0.3, 0.4) is 0 Å². The maximum Gasteiger partial charge on any atom is 0.408 e. The summed E-state index contributed by atoms with van der Waals surface area (Å²) in [6.07, 6.45) is -4.49. The molecule has 1 atom stereocenters. The lowest BCUT2D eigenvalue weighted by molar-refractivity contribution is -0.188. The molecule has 1 aromatic rings. The molecule has 1 saturated heterocycles. The van der Waals surface area contributed by atoms with Crippen LogP contribution in [0.15, 0.2) is 16.6 Å². The first-order valence-electron chi connectivity index (χ1n) is 6.00. The van der Waals surface area contributed by atoms with Gasteiger partial charge in [0.15, 0.2) is 0 Å². The topological polar surface area (TPSA) is 35.5 Å². The lowest BCUT2D eigenvalue weighted by atomic mass is 10.0. The number of nitrogens with one attached hydrogen (secondary N) is 1. The third-order valence-corrected chi connectivity index (χ3v) is 3.92. The predicted molar refractivity (Wildman–Crippen MR) is 88.6 cm³/mol. The van der Waals surface area contributed by atoms with Gasteiger partial charge in [0.25, 0.3) is 0 Å². The smallest absolute Gasteiger partial charge is 0.408 e. The van der Waals surface area contributed by atoms with Crippen LogP contribution < -0.4 is 5.32 Å². The molecule has 10 heteroatoms. The van der Waals surface area contributed by atoms with Crippen LogP contribution >= 0.6 is 52.3 Å². The SMILES string of the molecule is Cl.Cl.Oc1c(Cl)cc(Br)cc1[C@H](N1CCNCC1)C(F)(F)F. The van der Waals surface area contributed by atoms with E-state index in [1.54, 1.807) is 0 Å². The number of piperazine rings is 1. The number of hydrogen-bond acceptors (Lipinski definition) is 3. The predicted octanol–water partition coefficient (Wildman–Crippen LogP) is 4.16. The second-order valence-electron chi connectivity index (χ2n) is 4.56. The number of nitrogens with zero attached hydrogens (tertiary/aromatic N) is 1. The number of aromatic hydroxyl groups is 1. The number of hydrogen-bond donors (Lipinski definition) is 2. The number of halogens is 7. The Labute approximate surface area is 152 Å². The first-order valence-corrected chi connectivity index (χ1v) is 7.17. The van der Waals surface area contributed by atoms with E-state index in [1.807, 2.05) is 0 Å². The summed E-state index contributed by atoms with van der Waals surface area (Å²) in [4.78, 5) is 1.30. The van der Waals surface area contributed by atoms with Gasteiger partial charge in [0.2, 0.25) is 0 Å². The number of alkyl halides is 3. The summed E-state index contributed by atoms with van der Waals surface area (Å²) in [5.41, 5.74) is -0.223. The number of benzene rings is 1. The van der Waals surface area contributed by atoms with Crippen molar-refractivity contribution in [1.29, 1.82) is 0 Å². The molecule has 0 spiro atoms. The van der Waals surface area contributed by atoms with Crippen molar-refractivity contribution >= 4 is 52.3 Å². The summed E-state index contributed by atoms with van der Waals surface area (Å²) in [7, 11) is 0. The van der Waals surface area contributed by atoms with Crippen LogP contribution in [-0.4, -0.2) is 42.4 Å². The monoisotopic (exact) mass is 444 g/mol. The van der Waals surface area contributed by atoms with Crippen molar-refractivity contribution in [2.24, 2.45) is 0 Å². The lowest BCUT2D eigenvalue weighted by Crippen LogP contribution is -2.49. The summed E-state index contributed by atoms with van der Waals surface area (Å²) in [6.45, 7) is 1.48. The molecule has 0 amide bonds. The normalized spacial score (nSPS) is 17.3. The molecule has 22 heavy (non-hydrogen) atoms. The Morgan fingerprint density at radius 3 is 2.27 bits per heavy atom. The molecule has 0 aromatic heterocycles. The third-order valence-electron chi connectivity index (χ3n) is 3.18. The van der Waals surface area contributed by atoms with Crippen molar-refractivity contribution in [2.75, 3.05) is 26.2 Å². The summed E-state index contributed by atoms with van der Waals surface area (Å²) < 4.78 is 40.6. The molecule has 1 fully saturated rings. The van der Waals surface area contributed by atoms with E-state index < -0.39 is 18.0 Å². The molecule has 0 saturated carbocycles. The number of rotatable bonds is 2. The highest BCUT2D eigenvalue weighted by Gasteiger charge is 2.46. The zero-order chi connectivity index (χ0) is 14.9. The van der Waals surface area contributed by atoms with Gasteiger partial charge in [-0.05, 0) is 12.1 Å². The van der Waals surface area contributed by atoms with Gasteiger partial charge in [0, 0.05) is 36.2 Å². The van der Waals surface area contributed by atoms with Gasteiger partial charge in [-0.15, -0.1) is 24.8 Å². The Morgan fingerprint density at radius 2 is 1.77 bits per heavy atom. The first kappa shape index (κ1) is 22.1. The molecule has 0 unspecified atom stereocenters. The highest BCUT2D eigenvalue weighted by atomic mass is 79.9. The summed E-state index contributed by atoms with van der Waals surface area (Å²) in [5, 5.41) is 12.8. The second kappa shape index (κ2) is 8.80. The molecule has 1 aliphatic rings. The number of phenolic OH excluding ortho intramolecular Hbond substituents is 1. The Hall–Kier alpha value is 0.0800. The van der Waals surface area contributed by atoms with E-state index in [0.717, 1.165) is 0 Å². The van der Waals surface area contributed by atoms with E-state index >= 15 is 0 Å². The fraction of sp³-hybridized carbons (Fsp3) is 0.500. The van der Waals surface area contributed by atoms with Gasteiger partial charge in [-0.2, -0.15) is 13.2 Å². The van der Waals surface area contributed by atoms with Crippen LogP contribution in [0.2, 0.25) is 5.02 Å². The van der Waals surface area contributed by atoms with Crippen molar-refractivity contribution < 1.29 is 18.3 Å². The minimum atomic E-state index is -4.49. The minimum Gasteiger partial charge on any atom is -0.506 e. The van der Waals surface area contributed by atoms with Crippen molar-refractivity contribution in [1.82, 2.24) is 10.2 Å². The van der Waals surface area contributed by atoms with Crippen molar-refractivity contribution in [3.63, 3.8) is 0 Å². The van der Waals surface area contributed by atoms with E-state index in [-0.39, 0.29) is 48.5 Å². The van der Waals surface area contributed by atoms with Crippen LogP contribution in [0, 0.1) is 0 Å². The standard InChI is InChI=1S/C12H13BrClF3N2O.2ClH/c13-7-5-8(10(20)9(14)6-7)11(12(15,16)17)19-3-1-18-2-4-19;;/h5-6,11,18,20H,1-4H2;2*1H/t11-;;/m0../s1. The quantitative estimate of drug-likeness (QED) is 0.716. The molecule has 2 N–H and O–H groups in total. The third kappa shape index (κ3) is 5.04. The van der Waals surface area contributed by atoms with Crippen LogP contribution in [0.5, 0.6) is 5.75 Å². The maximum atomic E-state index is 13.4. The molecule has 0 bridgehead atoms. The van der Waals surface area contributed by atoms with E-state index in [4.69, 9.17) is 11.6 Å². The van der Waals surface area contributed by atoms with Crippen molar-refractivity contribution in [2.45, 2.75) is 12.2 Å². The highest BCUT2D eigenvalue weighted by Crippen LogP contribution is 2.44. The van der Waals surface area contributed by atoms with Gasteiger partial charge in [-0.25, -0.2) is 0 Å². The molecule has 0 aliphatic carbocycles. The molecule has 1 aliphatic heterocycles. The molecule has 2 rings (SSSR count). The van der Waals surface area contributed by atoms with Gasteiger partial charge in [-0.1, -0.05) is 27.5 Å². The van der Waals surface area contributed by atoms with E-state index in [1.165, 1.54) is 17.0 Å². The van der Waals surface area contributed by atoms with Crippen molar-refractivity contribution in [3.8, 4) is 5.75 Å². The van der Waals surface area contributed by atoms with Gasteiger partial charge in [0.1, 0.15) is 11.8 Å². The molecule has 1 heterocycles. The maximum absolute atomic E-state index is 13.4. The Balaban J connectivity index is 0.00000220. The molecule has 1 aromatic carbocycles. The lowest BCUT2D eigenvalue weighted by Gasteiger charge is -2.36. The summed E-state index contributed by atoms with van der Waals surface area (Å²) in [5.74, 6) is -0.518. The molecule has 3 nitrogen and oxygen atoms in total. The van der Waals surface area contributed by atoms with E-state index in [9.17, 15) is 18.3 Å². The molecule has 128 valence electrons.